The molecule has 5 heteroatoms. The molecule has 1 N–H and O–H groups in total. The monoisotopic (exact) mass is 283 g/mol. The number of nitrogens with one attached hydrogen (secondary N) is 1. The van der Waals surface area contributed by atoms with Gasteiger partial charge in [0.2, 0.25) is 0 Å². The van der Waals surface area contributed by atoms with Crippen molar-refractivity contribution in [2.75, 3.05) is 6.54 Å². The normalized spacial score (nSPS) is 11.7. The summed E-state index contributed by atoms with van der Waals surface area (Å²) in [5.41, 5.74) is -0.0845. The first kappa shape index (κ1) is 16.1. The molecule has 110 valence electrons. The van der Waals surface area contributed by atoms with Crippen LogP contribution in [0.15, 0.2) is 24.3 Å². The van der Waals surface area contributed by atoms with Crippen molar-refractivity contribution >= 4 is 12.2 Å². The molecule has 0 aliphatic carbocycles. The Bertz CT molecular complexity index is 473. The van der Waals surface area contributed by atoms with E-state index in [0.717, 1.165) is 6.07 Å². The zero-order chi connectivity index (χ0) is 15.2. The lowest BCUT2D eigenvalue weighted by molar-refractivity contribution is 0.0529. The molecule has 1 amide bonds. The molecule has 0 saturated carbocycles. The van der Waals surface area contributed by atoms with E-state index in [1.54, 1.807) is 32.9 Å². The summed E-state index contributed by atoms with van der Waals surface area (Å²) in [6.45, 7) is 5.74. The summed E-state index contributed by atoms with van der Waals surface area (Å²) >= 11 is 0. The maximum atomic E-state index is 12.9. The van der Waals surface area contributed by atoms with E-state index in [2.05, 4.69) is 5.32 Å². The zero-order valence-corrected chi connectivity index (χ0v) is 11.9. The summed E-state index contributed by atoms with van der Waals surface area (Å²) in [7, 11) is 0. The molecule has 0 saturated heterocycles. The van der Waals surface area contributed by atoms with Gasteiger partial charge in [-0.15, -0.1) is 0 Å². The molecule has 0 aromatic heterocycles. The molecule has 0 bridgehead atoms. The van der Waals surface area contributed by atoms with Crippen LogP contribution in [0.25, 0.3) is 6.08 Å². The molecule has 0 aliphatic rings. The fourth-order valence-corrected chi connectivity index (χ4v) is 1.46. The number of alkyl carbamates (subject to hydrolysis) is 1. The second-order valence-electron chi connectivity index (χ2n) is 5.32. The quantitative estimate of drug-likeness (QED) is 0.851. The van der Waals surface area contributed by atoms with E-state index >= 15 is 0 Å². The zero-order valence-electron chi connectivity index (χ0n) is 11.9. The van der Waals surface area contributed by atoms with Crippen LogP contribution in [0.3, 0.4) is 0 Å². The van der Waals surface area contributed by atoms with Gasteiger partial charge in [-0.1, -0.05) is 12.2 Å². The summed E-state index contributed by atoms with van der Waals surface area (Å²) in [4.78, 5) is 11.3. The Balaban J connectivity index is 2.34. The highest BCUT2D eigenvalue weighted by Crippen LogP contribution is 2.10. The van der Waals surface area contributed by atoms with Crippen molar-refractivity contribution in [3.63, 3.8) is 0 Å². The van der Waals surface area contributed by atoms with Crippen LogP contribution in [0.5, 0.6) is 0 Å². The van der Waals surface area contributed by atoms with E-state index in [4.69, 9.17) is 4.74 Å². The highest BCUT2D eigenvalue weighted by molar-refractivity contribution is 5.67. The molecule has 0 spiro atoms. The number of carbonyl (C=O) groups excluding carboxylic acids is 1. The minimum atomic E-state index is -0.614. The van der Waals surface area contributed by atoms with Gasteiger partial charge in [-0.3, -0.25) is 0 Å². The largest absolute Gasteiger partial charge is 0.444 e. The maximum absolute atomic E-state index is 12.9. The predicted octanol–water partition coefficient (Wildman–Crippen LogP) is 3.89. The van der Waals surface area contributed by atoms with Gasteiger partial charge in [0.05, 0.1) is 0 Å². The molecule has 0 aliphatic heterocycles. The van der Waals surface area contributed by atoms with E-state index in [-0.39, 0.29) is 0 Å². The third-order valence-electron chi connectivity index (χ3n) is 2.17. The van der Waals surface area contributed by atoms with Gasteiger partial charge in [0, 0.05) is 12.6 Å². The molecule has 0 heterocycles. The predicted molar refractivity (Wildman–Crippen MR) is 74.2 cm³/mol. The van der Waals surface area contributed by atoms with Crippen LogP contribution >= 0.6 is 0 Å². The summed E-state index contributed by atoms with van der Waals surface area (Å²) in [6, 6.07) is 3.29. The first-order valence-electron chi connectivity index (χ1n) is 6.36. The molecule has 0 unspecified atom stereocenters. The van der Waals surface area contributed by atoms with E-state index in [9.17, 15) is 13.6 Å². The fraction of sp³-hybridized carbons (Fsp3) is 0.400. The van der Waals surface area contributed by atoms with Crippen LogP contribution < -0.4 is 5.32 Å². The fourth-order valence-electron chi connectivity index (χ4n) is 1.46. The van der Waals surface area contributed by atoms with Crippen molar-refractivity contribution in [3.05, 3.63) is 41.5 Å². The van der Waals surface area contributed by atoms with Gasteiger partial charge in [-0.2, -0.15) is 0 Å². The molecule has 3 nitrogen and oxygen atoms in total. The lowest BCUT2D eigenvalue weighted by atomic mass is 10.2. The second-order valence-corrected chi connectivity index (χ2v) is 5.32. The third-order valence-corrected chi connectivity index (χ3v) is 2.17. The van der Waals surface area contributed by atoms with Crippen LogP contribution in [0.1, 0.15) is 32.8 Å². The van der Waals surface area contributed by atoms with Crippen LogP contribution in [0, 0.1) is 11.6 Å². The number of amides is 1. The lowest BCUT2D eigenvalue weighted by Gasteiger charge is -2.19. The third kappa shape index (κ3) is 6.87. The van der Waals surface area contributed by atoms with E-state index in [1.807, 2.05) is 0 Å². The van der Waals surface area contributed by atoms with Crippen LogP contribution in [-0.4, -0.2) is 18.2 Å². The smallest absolute Gasteiger partial charge is 0.407 e. The van der Waals surface area contributed by atoms with Gasteiger partial charge in [0.15, 0.2) is 0 Å². The minimum absolute atomic E-state index is 0.392. The van der Waals surface area contributed by atoms with Crippen molar-refractivity contribution in [2.45, 2.75) is 32.8 Å². The first-order valence-corrected chi connectivity index (χ1v) is 6.36. The molecular weight excluding hydrogens is 264 g/mol. The Morgan fingerprint density at radius 1 is 1.25 bits per heavy atom. The van der Waals surface area contributed by atoms with Crippen molar-refractivity contribution in [1.29, 1.82) is 0 Å². The molecule has 0 atom stereocenters. The highest BCUT2D eigenvalue weighted by atomic mass is 19.1. The number of carbonyl (C=O) groups is 1. The molecule has 1 aromatic carbocycles. The standard InChI is InChI=1S/C15H19F2NO2/c1-15(2,3)20-14(19)18-7-5-4-6-11-8-12(16)10-13(17)9-11/h4,6,8-10H,5,7H2,1-3H3,(H,18,19). The topological polar surface area (TPSA) is 38.3 Å². The molecule has 0 radical (unpaired) electrons. The number of hydrogen-bond acceptors (Lipinski definition) is 2. The summed E-state index contributed by atoms with van der Waals surface area (Å²) < 4.78 is 30.9. The van der Waals surface area contributed by atoms with Gasteiger partial charge in [-0.05, 0) is 44.9 Å². The number of ether oxygens (including phenoxy) is 1. The molecule has 0 fully saturated rings. The Morgan fingerprint density at radius 3 is 2.40 bits per heavy atom. The SMILES string of the molecule is CC(C)(C)OC(=O)NCCC=Cc1cc(F)cc(F)c1. The Kier molecular flexibility index (Phi) is 5.67. The Labute approximate surface area is 117 Å². The van der Waals surface area contributed by atoms with Crippen molar-refractivity contribution in [2.24, 2.45) is 0 Å². The Morgan fingerprint density at radius 2 is 1.85 bits per heavy atom. The second kappa shape index (κ2) is 7.03. The van der Waals surface area contributed by atoms with Gasteiger partial charge >= 0.3 is 6.09 Å². The molecule has 1 aromatic rings. The summed E-state index contributed by atoms with van der Waals surface area (Å²) in [5.74, 6) is -1.23. The van der Waals surface area contributed by atoms with Crippen LogP contribution in [-0.2, 0) is 4.74 Å². The molecular formula is C15H19F2NO2. The van der Waals surface area contributed by atoms with E-state index in [0.29, 0.717) is 18.5 Å². The molecule has 20 heavy (non-hydrogen) atoms. The number of hydrogen-bond donors (Lipinski definition) is 1. The van der Waals surface area contributed by atoms with Crippen molar-refractivity contribution < 1.29 is 18.3 Å². The van der Waals surface area contributed by atoms with Gasteiger partial charge in [0.25, 0.3) is 0 Å². The average molecular weight is 283 g/mol. The highest BCUT2D eigenvalue weighted by Gasteiger charge is 2.15. The summed E-state index contributed by atoms with van der Waals surface area (Å²) in [6.07, 6.45) is 3.38. The van der Waals surface area contributed by atoms with Crippen LogP contribution in [0.4, 0.5) is 13.6 Å². The van der Waals surface area contributed by atoms with Crippen LogP contribution in [0.2, 0.25) is 0 Å². The number of benzene rings is 1. The van der Waals surface area contributed by atoms with Crippen molar-refractivity contribution in [3.8, 4) is 0 Å². The lowest BCUT2D eigenvalue weighted by Crippen LogP contribution is -2.32. The number of rotatable bonds is 4. The van der Waals surface area contributed by atoms with Gasteiger partial charge in [0.1, 0.15) is 17.2 Å². The molecule has 1 rings (SSSR count). The van der Waals surface area contributed by atoms with Gasteiger partial charge in [-0.25, -0.2) is 13.6 Å². The number of halogens is 2. The average Bonchev–Trinajstić information content (AvgIpc) is 2.24. The van der Waals surface area contributed by atoms with Gasteiger partial charge < -0.3 is 10.1 Å². The Hall–Kier alpha value is -1.91. The van der Waals surface area contributed by atoms with E-state index < -0.39 is 23.3 Å². The summed E-state index contributed by atoms with van der Waals surface area (Å²) in [5, 5.41) is 2.59. The minimum Gasteiger partial charge on any atom is -0.444 e. The van der Waals surface area contributed by atoms with Crippen molar-refractivity contribution in [1.82, 2.24) is 5.32 Å². The first-order chi connectivity index (χ1) is 9.26. The maximum Gasteiger partial charge on any atom is 0.407 e. The van der Waals surface area contributed by atoms with E-state index in [1.165, 1.54) is 12.1 Å².